The molecule has 1 aromatic carbocycles. The van der Waals surface area contributed by atoms with Gasteiger partial charge in [0.2, 0.25) is 0 Å². The number of aryl methyl sites for hydroxylation is 2. The highest BCUT2D eigenvalue weighted by atomic mass is 32.1. The normalized spacial score (nSPS) is 23.4. The van der Waals surface area contributed by atoms with Crippen molar-refractivity contribution in [3.8, 4) is 5.75 Å². The quantitative estimate of drug-likeness (QED) is 0.814. The molecule has 3 heteroatoms. The van der Waals surface area contributed by atoms with Gasteiger partial charge in [-0.25, -0.2) is 0 Å². The average Bonchev–Trinajstić information content (AvgIpc) is 2.85. The van der Waals surface area contributed by atoms with E-state index in [1.807, 2.05) is 12.1 Å². The summed E-state index contributed by atoms with van der Waals surface area (Å²) in [5.74, 6) is 2.00. The van der Waals surface area contributed by atoms with Gasteiger partial charge in [-0.3, -0.25) is 4.79 Å². The fourth-order valence-corrected chi connectivity index (χ4v) is 5.59. The van der Waals surface area contributed by atoms with Crippen molar-refractivity contribution in [2.45, 2.75) is 46.0 Å². The van der Waals surface area contributed by atoms with E-state index in [1.165, 1.54) is 16.0 Å². The first kappa shape index (κ1) is 14.9. The Labute approximate surface area is 141 Å². The third kappa shape index (κ3) is 2.25. The molecule has 2 aromatic rings. The predicted molar refractivity (Wildman–Crippen MR) is 93.5 cm³/mol. The van der Waals surface area contributed by atoms with Crippen LogP contribution in [0.5, 0.6) is 5.75 Å². The van der Waals surface area contributed by atoms with Gasteiger partial charge >= 0.3 is 0 Å². The van der Waals surface area contributed by atoms with Gasteiger partial charge in [-0.15, -0.1) is 11.3 Å². The molecule has 0 amide bonds. The maximum Gasteiger partial charge on any atom is 0.173 e. The molecule has 2 aliphatic carbocycles. The molecule has 2 aliphatic rings. The van der Waals surface area contributed by atoms with E-state index in [0.29, 0.717) is 17.8 Å². The maximum absolute atomic E-state index is 12.7. The van der Waals surface area contributed by atoms with Crippen LogP contribution in [0.3, 0.4) is 0 Å². The number of thiophene rings is 1. The number of ketones is 1. The Kier molecular flexibility index (Phi) is 3.21. The highest BCUT2D eigenvalue weighted by Gasteiger charge is 2.63. The van der Waals surface area contributed by atoms with Crippen LogP contribution in [0, 0.1) is 18.3 Å². The van der Waals surface area contributed by atoms with Gasteiger partial charge in [-0.05, 0) is 65.8 Å². The fraction of sp³-hybridized carbons (Fsp3) is 0.450. The molecule has 2 nitrogen and oxygen atoms in total. The summed E-state index contributed by atoms with van der Waals surface area (Å²) in [7, 11) is 0. The molecule has 1 fully saturated rings. The van der Waals surface area contributed by atoms with Crippen LogP contribution in [0.2, 0.25) is 0 Å². The molecule has 2 atom stereocenters. The van der Waals surface area contributed by atoms with Crippen LogP contribution in [0.15, 0.2) is 24.3 Å². The molecule has 0 saturated heterocycles. The molecule has 0 aliphatic heterocycles. The van der Waals surface area contributed by atoms with E-state index in [1.54, 1.807) is 23.5 Å². The van der Waals surface area contributed by atoms with Crippen molar-refractivity contribution in [3.63, 3.8) is 0 Å². The van der Waals surface area contributed by atoms with E-state index in [4.69, 9.17) is 0 Å². The first-order valence-corrected chi connectivity index (χ1v) is 9.14. The zero-order chi connectivity index (χ0) is 16.4. The van der Waals surface area contributed by atoms with Crippen molar-refractivity contribution in [2.24, 2.45) is 11.3 Å². The summed E-state index contributed by atoms with van der Waals surface area (Å²) in [6, 6.07) is 7.15. The van der Waals surface area contributed by atoms with Crippen LogP contribution < -0.4 is 0 Å². The summed E-state index contributed by atoms with van der Waals surface area (Å²) < 4.78 is 0. The minimum absolute atomic E-state index is 0.272. The van der Waals surface area contributed by atoms with Gasteiger partial charge in [0, 0.05) is 11.3 Å². The monoisotopic (exact) mass is 326 g/mol. The molecule has 4 rings (SSSR count). The summed E-state index contributed by atoms with van der Waals surface area (Å²) >= 11 is 1.70. The number of benzene rings is 1. The zero-order valence-electron chi connectivity index (χ0n) is 13.8. The lowest BCUT2D eigenvalue weighted by Gasteiger charge is -2.09. The largest absolute Gasteiger partial charge is 0.508 e. The second kappa shape index (κ2) is 4.94. The molecule has 120 valence electrons. The topological polar surface area (TPSA) is 37.3 Å². The number of hydrogen-bond donors (Lipinski definition) is 1. The van der Waals surface area contributed by atoms with E-state index >= 15 is 0 Å². The fourth-order valence-electron chi connectivity index (χ4n) is 4.39. The Morgan fingerprint density at radius 2 is 2.00 bits per heavy atom. The van der Waals surface area contributed by atoms with E-state index in [9.17, 15) is 9.90 Å². The molecule has 1 N–H and O–H groups in total. The maximum atomic E-state index is 12.7. The smallest absolute Gasteiger partial charge is 0.173 e. The molecule has 0 spiro atoms. The van der Waals surface area contributed by atoms with Crippen molar-refractivity contribution >= 4 is 17.1 Å². The van der Waals surface area contributed by atoms with Gasteiger partial charge in [-0.1, -0.05) is 26.0 Å². The summed E-state index contributed by atoms with van der Waals surface area (Å²) in [5, 5.41) is 9.33. The van der Waals surface area contributed by atoms with Crippen molar-refractivity contribution < 1.29 is 9.90 Å². The van der Waals surface area contributed by atoms with Crippen molar-refractivity contribution in [3.05, 3.63) is 50.7 Å². The minimum Gasteiger partial charge on any atom is -0.508 e. The molecule has 23 heavy (non-hydrogen) atoms. The number of carbonyl (C=O) groups excluding carboxylic acids is 1. The SMILES string of the molecule is Cc1sc(C(=O)CCc2ccc(O)cc2)c2c1[C@H]1[C@@H](C2)C1(C)C. The van der Waals surface area contributed by atoms with Gasteiger partial charge in [0.25, 0.3) is 0 Å². The van der Waals surface area contributed by atoms with Crippen LogP contribution in [0.4, 0.5) is 0 Å². The van der Waals surface area contributed by atoms with Crippen molar-refractivity contribution in [1.29, 1.82) is 0 Å². The molecule has 0 radical (unpaired) electrons. The van der Waals surface area contributed by atoms with E-state index in [-0.39, 0.29) is 11.5 Å². The minimum atomic E-state index is 0.272. The van der Waals surface area contributed by atoms with Crippen LogP contribution >= 0.6 is 11.3 Å². The van der Waals surface area contributed by atoms with Gasteiger partial charge in [-0.2, -0.15) is 0 Å². The molecule has 0 bridgehead atoms. The lowest BCUT2D eigenvalue weighted by Crippen LogP contribution is -2.05. The number of hydrogen-bond acceptors (Lipinski definition) is 3. The van der Waals surface area contributed by atoms with Crippen LogP contribution in [-0.4, -0.2) is 10.9 Å². The Bertz CT molecular complexity index is 783. The lowest BCUT2D eigenvalue weighted by atomic mass is 9.94. The Hall–Kier alpha value is -1.61. The summed E-state index contributed by atoms with van der Waals surface area (Å²) in [5.41, 5.74) is 4.39. The molecule has 1 saturated carbocycles. The first-order valence-electron chi connectivity index (χ1n) is 8.33. The predicted octanol–water partition coefficient (Wildman–Crippen LogP) is 4.87. The molecular formula is C20H22O2S. The number of phenolic OH excluding ortho intramolecular Hbond substituents is 1. The van der Waals surface area contributed by atoms with Crippen molar-refractivity contribution in [1.82, 2.24) is 0 Å². The number of fused-ring (bicyclic) bond motifs is 3. The number of Topliss-reactive ketones (excluding diaryl/α,β-unsaturated/α-hetero) is 1. The van der Waals surface area contributed by atoms with Crippen LogP contribution in [-0.2, 0) is 12.8 Å². The molecule has 0 unspecified atom stereocenters. The van der Waals surface area contributed by atoms with Gasteiger partial charge in [0.05, 0.1) is 4.88 Å². The van der Waals surface area contributed by atoms with Gasteiger partial charge in [0.1, 0.15) is 5.75 Å². The van der Waals surface area contributed by atoms with Crippen LogP contribution in [0.1, 0.15) is 57.4 Å². The highest BCUT2D eigenvalue weighted by Crippen LogP contribution is 2.71. The molecule has 1 heterocycles. The summed E-state index contributed by atoms with van der Waals surface area (Å²) in [6.45, 7) is 6.89. The van der Waals surface area contributed by atoms with E-state index in [2.05, 4.69) is 20.8 Å². The summed E-state index contributed by atoms with van der Waals surface area (Å²) in [6.07, 6.45) is 2.39. The molecule has 1 aromatic heterocycles. The summed E-state index contributed by atoms with van der Waals surface area (Å²) in [4.78, 5) is 15.1. The van der Waals surface area contributed by atoms with Gasteiger partial charge < -0.3 is 5.11 Å². The highest BCUT2D eigenvalue weighted by molar-refractivity contribution is 7.14. The van der Waals surface area contributed by atoms with Gasteiger partial charge in [0.15, 0.2) is 5.78 Å². The standard InChI is InChI=1S/C20H22O2S/c1-11-17-14(10-15-18(17)20(15,2)3)19(23-11)16(22)9-6-12-4-7-13(21)8-5-12/h4-5,7-8,15,18,21H,6,9-10H2,1-3H3/t15-,18-/m1/s1. The first-order chi connectivity index (χ1) is 10.9. The number of phenols is 1. The Morgan fingerprint density at radius 3 is 2.70 bits per heavy atom. The second-order valence-electron chi connectivity index (χ2n) is 7.58. The Balaban J connectivity index is 1.51. The van der Waals surface area contributed by atoms with Crippen molar-refractivity contribution in [2.75, 3.05) is 0 Å². The number of aromatic hydroxyl groups is 1. The van der Waals surface area contributed by atoms with Crippen LogP contribution in [0.25, 0.3) is 0 Å². The number of carbonyl (C=O) groups is 1. The van der Waals surface area contributed by atoms with E-state index < -0.39 is 0 Å². The third-order valence-electron chi connectivity index (χ3n) is 5.85. The molecular weight excluding hydrogens is 304 g/mol. The average molecular weight is 326 g/mol. The van der Waals surface area contributed by atoms with E-state index in [0.717, 1.165) is 29.2 Å². The Morgan fingerprint density at radius 1 is 1.30 bits per heavy atom. The lowest BCUT2D eigenvalue weighted by molar-refractivity contribution is 0.0986. The third-order valence-corrected chi connectivity index (χ3v) is 7.05. The second-order valence-corrected chi connectivity index (χ2v) is 8.80. The zero-order valence-corrected chi connectivity index (χ0v) is 14.7. The number of rotatable bonds is 4.